The number of nitrogens with zero attached hydrogens (tertiary/aromatic N) is 1. The first-order valence-electron chi connectivity index (χ1n) is 12.0. The molecule has 0 spiro atoms. The Morgan fingerprint density at radius 3 is 2.42 bits per heavy atom. The maximum Gasteiger partial charge on any atom is 0.242 e. The van der Waals surface area contributed by atoms with Gasteiger partial charge in [-0.2, -0.15) is 0 Å². The zero-order valence-electron chi connectivity index (χ0n) is 20.7. The standard InChI is InChI=1S/C25H41NO3Si2/c1-25-14-13-20-19-10-9-18(28-30(3,4)5)15-17(19)16-22(29-31(6,7)8)24(20)21(25)11-12-23(25)26-27-2/h9-10,15,20-22,24H,11-14,16H2,1-8H3/b26-23-/t20-,21+,22-,24-,25+/m1/s1. The van der Waals surface area contributed by atoms with Crippen LogP contribution in [0.25, 0.3) is 0 Å². The summed E-state index contributed by atoms with van der Waals surface area (Å²) in [6.07, 6.45) is 5.96. The SMILES string of the molecule is CO/N=C1/CC[C@H]2[C@H]3[C@H](CC[C@]12C)c1ccc(O[Si](C)(C)C)cc1C[C@H]3O[Si](C)(C)C. The summed E-state index contributed by atoms with van der Waals surface area (Å²) in [7, 11) is -1.62. The zero-order chi connectivity index (χ0) is 22.6. The highest BCUT2D eigenvalue weighted by Gasteiger charge is 2.57. The van der Waals surface area contributed by atoms with Crippen molar-refractivity contribution >= 4 is 22.3 Å². The van der Waals surface area contributed by atoms with Crippen LogP contribution in [0.5, 0.6) is 5.75 Å². The Morgan fingerprint density at radius 1 is 1.03 bits per heavy atom. The monoisotopic (exact) mass is 459 g/mol. The average molecular weight is 460 g/mol. The number of hydrogen-bond donors (Lipinski definition) is 0. The number of benzene rings is 1. The van der Waals surface area contributed by atoms with Gasteiger partial charge in [-0.25, -0.2) is 0 Å². The first-order chi connectivity index (χ1) is 14.4. The van der Waals surface area contributed by atoms with Crippen molar-refractivity contribution in [3.63, 3.8) is 0 Å². The molecule has 4 rings (SSSR count). The molecule has 1 aromatic rings. The second-order valence-corrected chi connectivity index (χ2v) is 20.9. The lowest BCUT2D eigenvalue weighted by molar-refractivity contribution is -0.000308. The second kappa shape index (κ2) is 8.03. The molecule has 3 aliphatic carbocycles. The summed E-state index contributed by atoms with van der Waals surface area (Å²) in [6, 6.07) is 6.91. The van der Waals surface area contributed by atoms with Gasteiger partial charge in [0.05, 0.1) is 11.8 Å². The Balaban J connectivity index is 1.73. The third-order valence-electron chi connectivity index (χ3n) is 7.57. The minimum absolute atomic E-state index is 0.149. The van der Waals surface area contributed by atoms with Crippen LogP contribution in [0, 0.1) is 17.3 Å². The van der Waals surface area contributed by atoms with Crippen molar-refractivity contribution in [1.29, 1.82) is 0 Å². The molecule has 3 aliphatic rings. The number of rotatable bonds is 5. The number of hydrogen-bond acceptors (Lipinski definition) is 4. The van der Waals surface area contributed by atoms with Crippen molar-refractivity contribution in [3.05, 3.63) is 29.3 Å². The first-order valence-corrected chi connectivity index (χ1v) is 18.8. The summed E-state index contributed by atoms with van der Waals surface area (Å²) in [4.78, 5) is 5.25. The second-order valence-electron chi connectivity index (χ2n) is 12.1. The van der Waals surface area contributed by atoms with E-state index >= 15 is 0 Å². The van der Waals surface area contributed by atoms with E-state index in [4.69, 9.17) is 13.7 Å². The van der Waals surface area contributed by atoms with Crippen molar-refractivity contribution in [2.24, 2.45) is 22.4 Å². The Bertz CT molecular complexity index is 857. The fraction of sp³-hybridized carbons (Fsp3) is 0.720. The van der Waals surface area contributed by atoms with Gasteiger partial charge in [-0.15, -0.1) is 0 Å². The summed E-state index contributed by atoms with van der Waals surface area (Å²) in [5.41, 5.74) is 4.42. The molecule has 5 atom stereocenters. The van der Waals surface area contributed by atoms with E-state index in [1.807, 2.05) is 0 Å². The molecule has 172 valence electrons. The van der Waals surface area contributed by atoms with Crippen molar-refractivity contribution in [2.75, 3.05) is 7.11 Å². The van der Waals surface area contributed by atoms with Gasteiger partial charge < -0.3 is 13.7 Å². The quantitative estimate of drug-likeness (QED) is 0.368. The molecular formula is C25H41NO3Si2. The lowest BCUT2D eigenvalue weighted by Crippen LogP contribution is -2.51. The van der Waals surface area contributed by atoms with Crippen LogP contribution in [0.2, 0.25) is 39.3 Å². The molecule has 1 aromatic carbocycles. The first kappa shape index (κ1) is 23.1. The Morgan fingerprint density at radius 2 is 1.77 bits per heavy atom. The lowest BCUT2D eigenvalue weighted by Gasteiger charge is -2.52. The topological polar surface area (TPSA) is 40.0 Å². The average Bonchev–Trinajstić information content (AvgIpc) is 2.95. The van der Waals surface area contributed by atoms with E-state index in [1.165, 1.54) is 30.5 Å². The van der Waals surface area contributed by atoms with Crippen LogP contribution in [0.3, 0.4) is 0 Å². The van der Waals surface area contributed by atoms with Crippen molar-refractivity contribution in [2.45, 2.75) is 90.3 Å². The Kier molecular flexibility index (Phi) is 5.97. The summed E-state index contributed by atoms with van der Waals surface area (Å²) in [5, 5.41) is 4.48. The van der Waals surface area contributed by atoms with Gasteiger partial charge in [0.2, 0.25) is 8.32 Å². The predicted octanol–water partition coefficient (Wildman–Crippen LogP) is 6.59. The van der Waals surface area contributed by atoms with Gasteiger partial charge in [0.15, 0.2) is 8.32 Å². The molecule has 31 heavy (non-hydrogen) atoms. The van der Waals surface area contributed by atoms with Gasteiger partial charge in [-0.1, -0.05) is 18.1 Å². The van der Waals surface area contributed by atoms with Gasteiger partial charge in [-0.3, -0.25) is 0 Å². The summed E-state index contributed by atoms with van der Waals surface area (Å²) < 4.78 is 13.3. The van der Waals surface area contributed by atoms with E-state index in [0.29, 0.717) is 17.8 Å². The van der Waals surface area contributed by atoms with Gasteiger partial charge >= 0.3 is 0 Å². The highest BCUT2D eigenvalue weighted by Crippen LogP contribution is 2.60. The third kappa shape index (κ3) is 4.53. The van der Waals surface area contributed by atoms with Crippen molar-refractivity contribution < 1.29 is 13.7 Å². The maximum atomic E-state index is 6.93. The molecular weight excluding hydrogens is 418 g/mol. The molecule has 0 aliphatic heterocycles. The summed E-state index contributed by atoms with van der Waals surface area (Å²) in [5.74, 6) is 2.80. The van der Waals surface area contributed by atoms with Gasteiger partial charge in [0.1, 0.15) is 12.9 Å². The van der Waals surface area contributed by atoms with E-state index in [-0.39, 0.29) is 11.5 Å². The van der Waals surface area contributed by atoms with E-state index in [2.05, 4.69) is 69.6 Å². The molecule has 0 saturated heterocycles. The van der Waals surface area contributed by atoms with Gasteiger partial charge in [0, 0.05) is 5.41 Å². The van der Waals surface area contributed by atoms with Crippen LogP contribution in [0.4, 0.5) is 0 Å². The normalized spacial score (nSPS) is 34.1. The minimum atomic E-state index is -1.67. The zero-order valence-corrected chi connectivity index (χ0v) is 22.7. The predicted molar refractivity (Wildman–Crippen MR) is 133 cm³/mol. The van der Waals surface area contributed by atoms with Gasteiger partial charge in [0.25, 0.3) is 0 Å². The molecule has 0 aromatic heterocycles. The van der Waals surface area contributed by atoms with Crippen LogP contribution in [-0.2, 0) is 15.7 Å². The van der Waals surface area contributed by atoms with E-state index in [1.54, 1.807) is 12.7 Å². The minimum Gasteiger partial charge on any atom is -0.544 e. The molecule has 0 radical (unpaired) electrons. The fourth-order valence-electron chi connectivity index (χ4n) is 6.59. The largest absolute Gasteiger partial charge is 0.544 e. The van der Waals surface area contributed by atoms with Crippen LogP contribution in [-0.4, -0.2) is 35.6 Å². The molecule has 2 saturated carbocycles. The third-order valence-corrected chi connectivity index (χ3v) is 9.43. The van der Waals surface area contributed by atoms with Crippen LogP contribution in [0.15, 0.2) is 23.4 Å². The number of fused-ring (bicyclic) bond motifs is 5. The molecule has 4 nitrogen and oxygen atoms in total. The lowest BCUT2D eigenvalue weighted by atomic mass is 9.54. The van der Waals surface area contributed by atoms with Crippen LogP contribution in [0.1, 0.15) is 49.7 Å². The molecule has 0 amide bonds. The maximum absolute atomic E-state index is 6.93. The van der Waals surface area contributed by atoms with Gasteiger partial charge in [-0.05, 0) is 112 Å². The molecule has 2 fully saturated rings. The van der Waals surface area contributed by atoms with Crippen molar-refractivity contribution in [1.82, 2.24) is 0 Å². The molecule has 0 bridgehead atoms. The Hall–Kier alpha value is -1.12. The smallest absolute Gasteiger partial charge is 0.242 e. The molecule has 0 N–H and O–H groups in total. The highest BCUT2D eigenvalue weighted by atomic mass is 28.4. The molecule has 0 unspecified atom stereocenters. The molecule has 0 heterocycles. The van der Waals surface area contributed by atoms with Crippen LogP contribution < -0.4 is 4.43 Å². The fourth-order valence-corrected chi connectivity index (χ4v) is 8.57. The number of oxime groups is 1. The van der Waals surface area contributed by atoms with E-state index in [0.717, 1.165) is 18.6 Å². The summed E-state index contributed by atoms with van der Waals surface area (Å²) >= 11 is 0. The summed E-state index contributed by atoms with van der Waals surface area (Å²) in [6.45, 7) is 16.2. The van der Waals surface area contributed by atoms with E-state index in [9.17, 15) is 0 Å². The molecule has 6 heteroatoms. The highest BCUT2D eigenvalue weighted by molar-refractivity contribution is 6.70. The van der Waals surface area contributed by atoms with Crippen molar-refractivity contribution in [3.8, 4) is 5.75 Å². The Labute approximate surface area is 191 Å². The van der Waals surface area contributed by atoms with Crippen LogP contribution >= 0.6 is 0 Å². The van der Waals surface area contributed by atoms with E-state index < -0.39 is 16.6 Å².